The highest BCUT2D eigenvalue weighted by Gasteiger charge is 2.44. The first-order valence-corrected chi connectivity index (χ1v) is 11.0. The second-order valence-electron chi connectivity index (χ2n) is 6.83. The molecule has 5 nitrogen and oxygen atoms in total. The smallest absolute Gasteiger partial charge is 0.346 e. The molecule has 1 rings (SSSR count). The van der Waals surface area contributed by atoms with Crippen LogP contribution < -0.4 is 0 Å². The Morgan fingerprint density at radius 3 is 2.04 bits per heavy atom. The number of nitrogens with zero attached hydrogens (tertiary/aromatic N) is 1. The molecule has 1 unspecified atom stereocenters. The first-order chi connectivity index (χ1) is 12.5. The summed E-state index contributed by atoms with van der Waals surface area (Å²) in [6, 6.07) is 0. The van der Waals surface area contributed by atoms with Gasteiger partial charge in [0.25, 0.3) is 0 Å². The van der Waals surface area contributed by atoms with Gasteiger partial charge in [-0.3, -0.25) is 4.55 Å². The van der Waals surface area contributed by atoms with E-state index in [9.17, 15) is 13.2 Å². The van der Waals surface area contributed by atoms with Gasteiger partial charge >= 0.3 is 15.6 Å². The van der Waals surface area contributed by atoms with Gasteiger partial charge in [0.05, 0.1) is 5.69 Å². The lowest BCUT2D eigenvalue weighted by Gasteiger charge is -2.06. The van der Waals surface area contributed by atoms with Gasteiger partial charge in [0.1, 0.15) is 5.82 Å². The van der Waals surface area contributed by atoms with Crippen molar-refractivity contribution in [1.82, 2.24) is 9.97 Å². The maximum atomic E-state index is 10.7. The molecule has 160 valence electrons. The molecule has 9 heteroatoms. The van der Waals surface area contributed by atoms with E-state index in [1.165, 1.54) is 62.2 Å². The minimum atomic E-state index is -5.84. The highest BCUT2D eigenvalue weighted by atomic mass is 32.2. The summed E-state index contributed by atoms with van der Waals surface area (Å²) >= 11 is 0. The highest BCUT2D eigenvalue weighted by Crippen LogP contribution is 2.20. The molecule has 1 aromatic rings. The molecular formula is C18H33F3N2O3S. The summed E-state index contributed by atoms with van der Waals surface area (Å²) < 4.78 is 57.5. The number of aromatic amines is 1. The zero-order valence-corrected chi connectivity index (χ0v) is 17.5. The number of hydrogen-bond acceptors (Lipinski definition) is 3. The van der Waals surface area contributed by atoms with Gasteiger partial charge in [0, 0.05) is 12.1 Å². The number of unbranched alkanes of at least 4 members (excludes halogenated alkanes) is 2. The van der Waals surface area contributed by atoms with Crippen molar-refractivity contribution < 1.29 is 26.1 Å². The third kappa shape index (κ3) is 10.7. The molecule has 1 aromatic heterocycles. The van der Waals surface area contributed by atoms with Gasteiger partial charge in [0.15, 0.2) is 0 Å². The van der Waals surface area contributed by atoms with E-state index in [-0.39, 0.29) is 0 Å². The first kappa shape index (κ1) is 25.9. The molecule has 0 aliphatic heterocycles. The fraction of sp³-hybridized carbons (Fsp3) is 0.833. The van der Waals surface area contributed by atoms with Crippen molar-refractivity contribution in [2.75, 3.05) is 0 Å². The van der Waals surface area contributed by atoms with E-state index in [2.05, 4.69) is 32.7 Å². The zero-order chi connectivity index (χ0) is 21.1. The zero-order valence-electron chi connectivity index (χ0n) is 16.7. The Hall–Kier alpha value is -1.09. The average Bonchev–Trinajstić information content (AvgIpc) is 2.91. The number of hydrogen-bond donors (Lipinski definition) is 2. The van der Waals surface area contributed by atoms with E-state index in [0.717, 1.165) is 18.8 Å². The first-order valence-electron chi connectivity index (χ1n) is 9.56. The summed E-state index contributed by atoms with van der Waals surface area (Å²) in [5, 5.41) is 0. The molecule has 0 aromatic carbocycles. The van der Waals surface area contributed by atoms with Gasteiger partial charge < -0.3 is 4.98 Å². The molecule has 0 spiro atoms. The third-order valence-corrected chi connectivity index (χ3v) is 4.66. The van der Waals surface area contributed by atoms with Crippen molar-refractivity contribution in [2.45, 2.75) is 91.0 Å². The Labute approximate surface area is 160 Å². The lowest BCUT2D eigenvalue weighted by Crippen LogP contribution is -2.21. The fourth-order valence-electron chi connectivity index (χ4n) is 2.64. The molecule has 0 saturated carbocycles. The van der Waals surface area contributed by atoms with Crippen LogP contribution in [0.3, 0.4) is 0 Å². The number of aromatic nitrogens is 2. The van der Waals surface area contributed by atoms with E-state index >= 15 is 0 Å². The van der Waals surface area contributed by atoms with Gasteiger partial charge in [-0.15, -0.1) is 0 Å². The maximum absolute atomic E-state index is 10.7. The standard InChI is InChI=1S/C17H32N2.CHF3O3S/c1-5-8-11-15-16(12-9-6-2)19-17(18-15)13-14(4)10-7-3;2-1(3,4)8(5,6)7/h14H,5-13H2,1-4H3,(H,18,19);(H,5,6,7). The van der Waals surface area contributed by atoms with Gasteiger partial charge in [-0.05, 0) is 31.6 Å². The largest absolute Gasteiger partial charge is 0.522 e. The van der Waals surface area contributed by atoms with Crippen molar-refractivity contribution in [3.63, 3.8) is 0 Å². The fourth-order valence-corrected chi connectivity index (χ4v) is 2.64. The van der Waals surface area contributed by atoms with E-state index in [1.54, 1.807) is 0 Å². The molecule has 2 N–H and O–H groups in total. The van der Waals surface area contributed by atoms with Crippen LogP contribution in [0.5, 0.6) is 0 Å². The highest BCUT2D eigenvalue weighted by molar-refractivity contribution is 7.86. The normalized spacial score (nSPS) is 13.2. The lowest BCUT2D eigenvalue weighted by molar-refractivity contribution is -0.0510. The molecule has 1 atom stereocenters. The number of aryl methyl sites for hydroxylation is 2. The van der Waals surface area contributed by atoms with Crippen molar-refractivity contribution in [2.24, 2.45) is 5.92 Å². The van der Waals surface area contributed by atoms with Gasteiger partial charge in [-0.1, -0.05) is 53.4 Å². The van der Waals surface area contributed by atoms with Crippen molar-refractivity contribution >= 4 is 10.1 Å². The molecule has 0 saturated heterocycles. The van der Waals surface area contributed by atoms with Gasteiger partial charge in [-0.2, -0.15) is 21.6 Å². The monoisotopic (exact) mass is 414 g/mol. The molecule has 0 amide bonds. The Morgan fingerprint density at radius 1 is 1.07 bits per heavy atom. The van der Waals surface area contributed by atoms with Crippen LogP contribution in [0.15, 0.2) is 0 Å². The molecule has 1 heterocycles. The number of nitrogens with one attached hydrogen (secondary N) is 1. The second-order valence-corrected chi connectivity index (χ2v) is 8.25. The van der Waals surface area contributed by atoms with Crippen LogP contribution in [0, 0.1) is 5.92 Å². The van der Waals surface area contributed by atoms with Crippen molar-refractivity contribution in [3.05, 3.63) is 17.2 Å². The minimum Gasteiger partial charge on any atom is -0.346 e. The summed E-state index contributed by atoms with van der Waals surface area (Å²) in [6.07, 6.45) is 11.0. The summed E-state index contributed by atoms with van der Waals surface area (Å²) in [6.45, 7) is 9.11. The Balaban J connectivity index is 0.000000713. The van der Waals surface area contributed by atoms with Crippen LogP contribution in [0.4, 0.5) is 13.2 Å². The molecule has 0 aliphatic rings. The summed E-state index contributed by atoms with van der Waals surface area (Å²) in [7, 11) is -5.84. The number of rotatable bonds is 10. The molecule has 0 fully saturated rings. The molecular weight excluding hydrogens is 381 g/mol. The maximum Gasteiger partial charge on any atom is 0.522 e. The van der Waals surface area contributed by atoms with E-state index in [1.807, 2.05) is 0 Å². The predicted octanol–water partition coefficient (Wildman–Crippen LogP) is 5.47. The lowest BCUT2D eigenvalue weighted by atomic mass is 10.0. The van der Waals surface area contributed by atoms with Crippen molar-refractivity contribution in [3.8, 4) is 0 Å². The number of halogens is 3. The van der Waals surface area contributed by atoms with Crippen LogP contribution in [0.25, 0.3) is 0 Å². The van der Waals surface area contributed by atoms with Gasteiger partial charge in [-0.25, -0.2) is 4.98 Å². The van der Waals surface area contributed by atoms with Crippen LogP contribution in [-0.2, 0) is 29.4 Å². The van der Waals surface area contributed by atoms with Crippen LogP contribution in [-0.4, -0.2) is 28.4 Å². The number of alkyl halides is 3. The van der Waals surface area contributed by atoms with E-state index < -0.39 is 15.6 Å². The number of imidazole rings is 1. The predicted molar refractivity (Wildman–Crippen MR) is 101 cm³/mol. The Bertz CT molecular complexity index is 603. The third-order valence-electron chi connectivity index (χ3n) is 4.08. The Morgan fingerprint density at radius 2 is 1.59 bits per heavy atom. The molecule has 0 bridgehead atoms. The molecule has 0 aliphatic carbocycles. The topological polar surface area (TPSA) is 83.0 Å². The van der Waals surface area contributed by atoms with Crippen LogP contribution in [0.2, 0.25) is 0 Å². The second kappa shape index (κ2) is 12.4. The minimum absolute atomic E-state index is 0.745. The average molecular weight is 415 g/mol. The summed E-state index contributed by atoms with van der Waals surface area (Å²) in [5.41, 5.74) is -2.78. The van der Waals surface area contributed by atoms with E-state index in [0.29, 0.717) is 0 Å². The van der Waals surface area contributed by atoms with E-state index in [4.69, 9.17) is 18.0 Å². The summed E-state index contributed by atoms with van der Waals surface area (Å²) in [4.78, 5) is 8.47. The van der Waals surface area contributed by atoms with Crippen molar-refractivity contribution in [1.29, 1.82) is 0 Å². The SMILES string of the molecule is CCCCc1nc(CC(C)CCC)[nH]c1CCCC.O=S(=O)(O)C(F)(F)F. The van der Waals surface area contributed by atoms with Crippen LogP contribution in [0.1, 0.15) is 83.4 Å². The quantitative estimate of drug-likeness (QED) is 0.393. The number of H-pyrrole nitrogens is 1. The molecule has 0 radical (unpaired) electrons. The summed E-state index contributed by atoms with van der Waals surface area (Å²) in [5.74, 6) is 1.97. The molecule has 27 heavy (non-hydrogen) atoms. The van der Waals surface area contributed by atoms with Gasteiger partial charge in [0.2, 0.25) is 0 Å². The van der Waals surface area contributed by atoms with Crippen LogP contribution >= 0.6 is 0 Å². The Kier molecular flexibility index (Phi) is 11.9.